The molecular formula is C13H7BrClFN2. The van der Waals surface area contributed by atoms with Gasteiger partial charge in [0.05, 0.1) is 16.1 Å². The molecule has 2 nitrogen and oxygen atoms in total. The Balaban J connectivity index is 2.30. The minimum Gasteiger partial charge on any atom is -0.338 e. The third-order valence-electron chi connectivity index (χ3n) is 2.66. The van der Waals surface area contributed by atoms with Crippen LogP contribution in [-0.4, -0.2) is 9.97 Å². The zero-order chi connectivity index (χ0) is 12.7. The van der Waals surface area contributed by atoms with Crippen LogP contribution in [0.4, 0.5) is 4.39 Å². The van der Waals surface area contributed by atoms with Crippen LogP contribution in [0.1, 0.15) is 0 Å². The van der Waals surface area contributed by atoms with E-state index in [0.29, 0.717) is 26.4 Å². The molecular weight excluding hydrogens is 319 g/mol. The quantitative estimate of drug-likeness (QED) is 0.685. The van der Waals surface area contributed by atoms with Gasteiger partial charge in [-0.3, -0.25) is 0 Å². The van der Waals surface area contributed by atoms with Crippen molar-refractivity contribution in [2.75, 3.05) is 0 Å². The van der Waals surface area contributed by atoms with Crippen LogP contribution in [0.5, 0.6) is 0 Å². The van der Waals surface area contributed by atoms with Gasteiger partial charge in [-0.1, -0.05) is 23.7 Å². The molecule has 90 valence electrons. The van der Waals surface area contributed by atoms with Gasteiger partial charge in [0, 0.05) is 4.47 Å². The van der Waals surface area contributed by atoms with E-state index in [0.717, 1.165) is 5.52 Å². The number of rotatable bonds is 1. The number of H-pyrrole nitrogens is 1. The summed E-state index contributed by atoms with van der Waals surface area (Å²) < 4.78 is 14.5. The molecule has 0 aliphatic carbocycles. The molecule has 5 heteroatoms. The van der Waals surface area contributed by atoms with Gasteiger partial charge in [-0.15, -0.1) is 0 Å². The summed E-state index contributed by atoms with van der Waals surface area (Å²) >= 11 is 9.38. The van der Waals surface area contributed by atoms with Gasteiger partial charge >= 0.3 is 0 Å². The fourth-order valence-corrected chi connectivity index (χ4v) is 2.59. The number of nitrogens with zero attached hydrogens (tertiary/aromatic N) is 1. The molecule has 0 aliphatic heterocycles. The highest BCUT2D eigenvalue weighted by Crippen LogP contribution is 2.31. The molecule has 0 saturated heterocycles. The van der Waals surface area contributed by atoms with Crippen LogP contribution in [0.2, 0.25) is 5.02 Å². The molecule has 0 aliphatic rings. The maximum Gasteiger partial charge on any atom is 0.142 e. The monoisotopic (exact) mass is 324 g/mol. The number of halogens is 3. The fourth-order valence-electron chi connectivity index (χ4n) is 1.84. The van der Waals surface area contributed by atoms with Gasteiger partial charge in [-0.05, 0) is 40.2 Å². The van der Waals surface area contributed by atoms with Crippen LogP contribution < -0.4 is 0 Å². The first kappa shape index (κ1) is 11.7. The van der Waals surface area contributed by atoms with Gasteiger partial charge in [0.2, 0.25) is 0 Å². The number of aromatic amines is 1. The fraction of sp³-hybridized carbons (Fsp3) is 0. The molecule has 0 radical (unpaired) electrons. The van der Waals surface area contributed by atoms with E-state index in [-0.39, 0.29) is 5.82 Å². The van der Waals surface area contributed by atoms with Crippen molar-refractivity contribution in [1.29, 1.82) is 0 Å². The lowest BCUT2D eigenvalue weighted by molar-refractivity contribution is 0.629. The lowest BCUT2D eigenvalue weighted by atomic mass is 10.2. The van der Waals surface area contributed by atoms with Crippen LogP contribution in [0.15, 0.2) is 40.9 Å². The van der Waals surface area contributed by atoms with Crippen molar-refractivity contribution < 1.29 is 4.39 Å². The van der Waals surface area contributed by atoms with Crippen LogP contribution >= 0.6 is 27.5 Å². The SMILES string of the molecule is Fc1cccc(Br)c1-c1nc2c(Cl)cccc2[nH]1. The molecule has 3 rings (SSSR count). The molecule has 18 heavy (non-hydrogen) atoms. The van der Waals surface area contributed by atoms with Crippen molar-refractivity contribution in [2.45, 2.75) is 0 Å². The Hall–Kier alpha value is -1.39. The van der Waals surface area contributed by atoms with E-state index >= 15 is 0 Å². The number of hydrogen-bond acceptors (Lipinski definition) is 1. The minimum atomic E-state index is -0.334. The molecule has 1 aromatic heterocycles. The topological polar surface area (TPSA) is 28.7 Å². The van der Waals surface area contributed by atoms with Crippen molar-refractivity contribution >= 4 is 38.6 Å². The highest BCUT2D eigenvalue weighted by atomic mass is 79.9. The van der Waals surface area contributed by atoms with Crippen LogP contribution in [0.25, 0.3) is 22.4 Å². The molecule has 2 aromatic carbocycles. The van der Waals surface area contributed by atoms with Gasteiger partial charge in [0.15, 0.2) is 0 Å². The molecule has 0 unspecified atom stereocenters. The van der Waals surface area contributed by atoms with E-state index in [1.54, 1.807) is 18.2 Å². The molecule has 1 N–H and O–H groups in total. The van der Waals surface area contributed by atoms with Gasteiger partial charge in [0.1, 0.15) is 17.2 Å². The third-order valence-corrected chi connectivity index (χ3v) is 3.63. The predicted molar refractivity (Wildman–Crippen MR) is 74.2 cm³/mol. The van der Waals surface area contributed by atoms with Gasteiger partial charge in [-0.25, -0.2) is 9.37 Å². The van der Waals surface area contributed by atoms with Crippen molar-refractivity contribution in [3.8, 4) is 11.4 Å². The van der Waals surface area contributed by atoms with E-state index < -0.39 is 0 Å². The molecule has 0 saturated carbocycles. The lowest BCUT2D eigenvalue weighted by Gasteiger charge is -2.01. The first-order chi connectivity index (χ1) is 8.66. The Morgan fingerprint density at radius 2 is 1.94 bits per heavy atom. The zero-order valence-corrected chi connectivity index (χ0v) is 11.4. The second-order valence-electron chi connectivity index (χ2n) is 3.82. The number of fused-ring (bicyclic) bond motifs is 1. The Kier molecular flexibility index (Phi) is 2.84. The Labute approximate surface area is 116 Å². The summed E-state index contributed by atoms with van der Waals surface area (Å²) in [7, 11) is 0. The number of nitrogens with one attached hydrogen (secondary N) is 1. The normalized spacial score (nSPS) is 11.1. The summed E-state index contributed by atoms with van der Waals surface area (Å²) in [4.78, 5) is 7.42. The first-order valence-corrected chi connectivity index (χ1v) is 6.42. The maximum absolute atomic E-state index is 13.8. The minimum absolute atomic E-state index is 0.334. The van der Waals surface area contributed by atoms with E-state index in [1.807, 2.05) is 12.1 Å². The highest BCUT2D eigenvalue weighted by molar-refractivity contribution is 9.10. The third kappa shape index (κ3) is 1.82. The predicted octanol–water partition coefficient (Wildman–Crippen LogP) is 4.78. The Morgan fingerprint density at radius 1 is 1.17 bits per heavy atom. The second-order valence-corrected chi connectivity index (χ2v) is 5.08. The zero-order valence-electron chi connectivity index (χ0n) is 9.05. The highest BCUT2D eigenvalue weighted by Gasteiger charge is 2.14. The van der Waals surface area contributed by atoms with Crippen molar-refractivity contribution in [3.63, 3.8) is 0 Å². The maximum atomic E-state index is 13.8. The van der Waals surface area contributed by atoms with Crippen molar-refractivity contribution in [3.05, 3.63) is 51.7 Å². The number of para-hydroxylation sites is 1. The summed E-state index contributed by atoms with van der Waals surface area (Å²) in [6.45, 7) is 0. The molecule has 0 atom stereocenters. The molecule has 0 amide bonds. The van der Waals surface area contributed by atoms with E-state index in [4.69, 9.17) is 11.6 Å². The Bertz CT molecular complexity index is 719. The molecule has 0 spiro atoms. The largest absolute Gasteiger partial charge is 0.338 e. The second kappa shape index (κ2) is 4.37. The molecule has 0 fully saturated rings. The molecule has 3 aromatic rings. The summed E-state index contributed by atoms with van der Waals surface area (Å²) in [5.74, 6) is 0.127. The van der Waals surface area contributed by atoms with E-state index in [9.17, 15) is 4.39 Å². The average molecular weight is 326 g/mol. The van der Waals surface area contributed by atoms with Gasteiger partial charge in [0.25, 0.3) is 0 Å². The van der Waals surface area contributed by atoms with E-state index in [1.165, 1.54) is 6.07 Å². The summed E-state index contributed by atoms with van der Waals surface area (Å²) in [6.07, 6.45) is 0. The summed E-state index contributed by atoms with van der Waals surface area (Å²) in [5.41, 5.74) is 1.83. The number of benzene rings is 2. The van der Waals surface area contributed by atoms with Crippen molar-refractivity contribution in [1.82, 2.24) is 9.97 Å². The van der Waals surface area contributed by atoms with Crippen LogP contribution in [0, 0.1) is 5.82 Å². The first-order valence-electron chi connectivity index (χ1n) is 5.25. The van der Waals surface area contributed by atoms with Crippen LogP contribution in [0.3, 0.4) is 0 Å². The van der Waals surface area contributed by atoms with Gasteiger partial charge in [-0.2, -0.15) is 0 Å². The lowest BCUT2D eigenvalue weighted by Crippen LogP contribution is -1.87. The Morgan fingerprint density at radius 3 is 2.67 bits per heavy atom. The summed E-state index contributed by atoms with van der Waals surface area (Å²) in [5, 5.41) is 0.544. The standard InChI is InChI=1S/C13H7BrClFN2/c14-7-3-1-5-9(16)11(7)13-17-10-6-2-4-8(15)12(10)18-13/h1-6H,(H,17,18). The summed E-state index contributed by atoms with van der Waals surface area (Å²) in [6, 6.07) is 10.2. The molecule has 1 heterocycles. The van der Waals surface area contributed by atoms with E-state index in [2.05, 4.69) is 25.9 Å². The number of hydrogen-bond donors (Lipinski definition) is 1. The van der Waals surface area contributed by atoms with Gasteiger partial charge < -0.3 is 4.98 Å². The molecule has 0 bridgehead atoms. The number of aromatic nitrogens is 2. The van der Waals surface area contributed by atoms with Crippen molar-refractivity contribution in [2.24, 2.45) is 0 Å². The average Bonchev–Trinajstić information content (AvgIpc) is 2.74. The number of imidazole rings is 1. The van der Waals surface area contributed by atoms with Crippen LogP contribution in [-0.2, 0) is 0 Å². The smallest absolute Gasteiger partial charge is 0.142 e.